The van der Waals surface area contributed by atoms with Crippen LogP contribution in [0, 0.1) is 6.92 Å². The van der Waals surface area contributed by atoms with Gasteiger partial charge in [0.2, 0.25) is 0 Å². The zero-order chi connectivity index (χ0) is 17.4. The first-order valence-electron chi connectivity index (χ1n) is 7.67. The molecule has 1 amide bonds. The fourth-order valence-corrected chi connectivity index (χ4v) is 3.81. The molecule has 0 radical (unpaired) electrons. The first kappa shape index (κ1) is 15.9. The number of rotatable bonds is 4. The third kappa shape index (κ3) is 3.06. The molecule has 1 aromatic carbocycles. The van der Waals surface area contributed by atoms with Crippen molar-refractivity contribution < 1.29 is 9.21 Å². The monoisotopic (exact) mass is 371 g/mol. The fraction of sp³-hybridized carbons (Fsp3) is 0.111. The van der Waals surface area contributed by atoms with E-state index in [1.165, 1.54) is 11.3 Å². The number of aromatic nitrogens is 2. The van der Waals surface area contributed by atoms with Crippen LogP contribution in [0.25, 0.3) is 15.9 Å². The van der Waals surface area contributed by atoms with Crippen molar-refractivity contribution in [2.75, 3.05) is 0 Å². The molecular weight excluding hydrogens is 358 g/mol. The lowest BCUT2D eigenvalue weighted by atomic mass is 10.3. The Morgan fingerprint density at radius 3 is 2.84 bits per heavy atom. The van der Waals surface area contributed by atoms with E-state index in [1.54, 1.807) is 12.3 Å². The summed E-state index contributed by atoms with van der Waals surface area (Å²) in [7, 11) is 0. The molecule has 4 rings (SSSR count). The van der Waals surface area contributed by atoms with Gasteiger partial charge >= 0.3 is 0 Å². The van der Waals surface area contributed by atoms with Gasteiger partial charge in [0.05, 0.1) is 29.1 Å². The number of fused-ring (bicyclic) bond motifs is 1. The SMILES string of the molecule is Cc1nn(-c2ccc(Cl)cc2)c2sc(C(=O)NCc3ccco3)cc12. The van der Waals surface area contributed by atoms with Crippen molar-refractivity contribution in [1.82, 2.24) is 15.1 Å². The Morgan fingerprint density at radius 1 is 1.32 bits per heavy atom. The second-order valence-electron chi connectivity index (χ2n) is 5.57. The number of hydrogen-bond acceptors (Lipinski definition) is 4. The van der Waals surface area contributed by atoms with Crippen molar-refractivity contribution in [2.45, 2.75) is 13.5 Å². The summed E-state index contributed by atoms with van der Waals surface area (Å²) in [5, 5.41) is 9.09. The van der Waals surface area contributed by atoms with Gasteiger partial charge in [-0.05, 0) is 49.4 Å². The number of halogens is 1. The Bertz CT molecular complexity index is 1030. The summed E-state index contributed by atoms with van der Waals surface area (Å²) in [6, 6.07) is 13.0. The smallest absolute Gasteiger partial charge is 0.261 e. The molecule has 1 N–H and O–H groups in total. The third-order valence-corrected chi connectivity index (χ3v) is 5.20. The van der Waals surface area contributed by atoms with Crippen LogP contribution in [0.3, 0.4) is 0 Å². The summed E-state index contributed by atoms with van der Waals surface area (Å²) in [4.78, 5) is 14.0. The molecule has 0 bridgehead atoms. The largest absolute Gasteiger partial charge is 0.467 e. The summed E-state index contributed by atoms with van der Waals surface area (Å²) in [6.45, 7) is 2.30. The Morgan fingerprint density at radius 2 is 2.12 bits per heavy atom. The van der Waals surface area contributed by atoms with E-state index in [0.717, 1.165) is 27.4 Å². The van der Waals surface area contributed by atoms with Crippen molar-refractivity contribution >= 4 is 39.1 Å². The number of hydrogen-bond donors (Lipinski definition) is 1. The Kier molecular flexibility index (Phi) is 4.07. The van der Waals surface area contributed by atoms with Gasteiger partial charge in [-0.15, -0.1) is 11.3 Å². The van der Waals surface area contributed by atoms with Gasteiger partial charge in [-0.2, -0.15) is 5.10 Å². The molecule has 0 unspecified atom stereocenters. The molecule has 3 aromatic heterocycles. The second kappa shape index (κ2) is 6.38. The maximum atomic E-state index is 12.4. The summed E-state index contributed by atoms with van der Waals surface area (Å²) in [5.41, 5.74) is 1.79. The molecule has 5 nitrogen and oxygen atoms in total. The van der Waals surface area contributed by atoms with Crippen LogP contribution in [-0.4, -0.2) is 15.7 Å². The average molecular weight is 372 g/mol. The zero-order valence-electron chi connectivity index (χ0n) is 13.3. The molecular formula is C18H14ClN3O2S. The minimum absolute atomic E-state index is 0.125. The van der Waals surface area contributed by atoms with E-state index in [-0.39, 0.29) is 5.91 Å². The highest BCUT2D eigenvalue weighted by Gasteiger charge is 2.17. The minimum atomic E-state index is -0.125. The number of furan rings is 1. The van der Waals surface area contributed by atoms with Crippen LogP contribution in [0.5, 0.6) is 0 Å². The van der Waals surface area contributed by atoms with Gasteiger partial charge in [-0.25, -0.2) is 4.68 Å². The highest BCUT2D eigenvalue weighted by molar-refractivity contribution is 7.20. The number of nitrogens with one attached hydrogen (secondary N) is 1. The molecule has 25 heavy (non-hydrogen) atoms. The predicted molar refractivity (Wildman–Crippen MR) is 98.6 cm³/mol. The van der Waals surface area contributed by atoms with Crippen LogP contribution in [0.15, 0.2) is 53.1 Å². The van der Waals surface area contributed by atoms with Crippen LogP contribution >= 0.6 is 22.9 Å². The van der Waals surface area contributed by atoms with Crippen LogP contribution in [-0.2, 0) is 6.54 Å². The third-order valence-electron chi connectivity index (χ3n) is 3.84. The summed E-state index contributed by atoms with van der Waals surface area (Å²) >= 11 is 7.37. The van der Waals surface area contributed by atoms with Gasteiger partial charge in [0.15, 0.2) is 0 Å². The Hall–Kier alpha value is -2.57. The van der Waals surface area contributed by atoms with Crippen molar-refractivity contribution in [2.24, 2.45) is 0 Å². The van der Waals surface area contributed by atoms with Crippen molar-refractivity contribution in [3.8, 4) is 5.69 Å². The number of benzene rings is 1. The van der Waals surface area contributed by atoms with Gasteiger partial charge < -0.3 is 9.73 Å². The second-order valence-corrected chi connectivity index (χ2v) is 7.03. The Balaban J connectivity index is 1.64. The number of nitrogens with zero attached hydrogens (tertiary/aromatic N) is 2. The number of amides is 1. The molecule has 0 saturated carbocycles. The lowest BCUT2D eigenvalue weighted by molar-refractivity contribution is 0.0952. The highest BCUT2D eigenvalue weighted by Crippen LogP contribution is 2.30. The van der Waals surface area contributed by atoms with E-state index in [0.29, 0.717) is 16.4 Å². The lowest BCUT2D eigenvalue weighted by Gasteiger charge is -2.02. The van der Waals surface area contributed by atoms with E-state index >= 15 is 0 Å². The molecule has 0 aliphatic rings. The summed E-state index contributed by atoms with van der Waals surface area (Å²) in [6.07, 6.45) is 1.59. The van der Waals surface area contributed by atoms with Gasteiger partial charge in [0.1, 0.15) is 10.6 Å². The molecule has 0 spiro atoms. The van der Waals surface area contributed by atoms with Crippen LogP contribution < -0.4 is 5.32 Å². The van der Waals surface area contributed by atoms with Crippen LogP contribution in [0.4, 0.5) is 0 Å². The normalized spacial score (nSPS) is 11.1. The van der Waals surface area contributed by atoms with E-state index in [2.05, 4.69) is 10.4 Å². The molecule has 0 aliphatic carbocycles. The van der Waals surface area contributed by atoms with Crippen LogP contribution in [0.1, 0.15) is 21.1 Å². The molecule has 0 fully saturated rings. The van der Waals surface area contributed by atoms with Gasteiger partial charge in [-0.3, -0.25) is 4.79 Å². The van der Waals surface area contributed by atoms with Gasteiger partial charge in [0, 0.05) is 10.4 Å². The summed E-state index contributed by atoms with van der Waals surface area (Å²) in [5.74, 6) is 0.595. The molecule has 0 saturated heterocycles. The lowest BCUT2D eigenvalue weighted by Crippen LogP contribution is -2.21. The van der Waals surface area contributed by atoms with Crippen molar-refractivity contribution in [3.63, 3.8) is 0 Å². The van der Waals surface area contributed by atoms with Crippen molar-refractivity contribution in [3.05, 3.63) is 70.1 Å². The summed E-state index contributed by atoms with van der Waals surface area (Å²) < 4.78 is 7.08. The average Bonchev–Trinajstić information content (AvgIpc) is 3.32. The molecule has 126 valence electrons. The molecule has 0 atom stereocenters. The molecule has 0 aliphatic heterocycles. The quantitative estimate of drug-likeness (QED) is 0.571. The fourth-order valence-electron chi connectivity index (χ4n) is 2.58. The number of thiophene rings is 1. The van der Waals surface area contributed by atoms with Crippen molar-refractivity contribution in [1.29, 1.82) is 0 Å². The van der Waals surface area contributed by atoms with E-state index in [9.17, 15) is 4.79 Å². The van der Waals surface area contributed by atoms with E-state index in [4.69, 9.17) is 16.0 Å². The predicted octanol–water partition coefficient (Wildman–Crippen LogP) is 4.57. The maximum absolute atomic E-state index is 12.4. The van der Waals surface area contributed by atoms with E-state index in [1.807, 2.05) is 48.0 Å². The maximum Gasteiger partial charge on any atom is 0.261 e. The number of carbonyl (C=O) groups is 1. The topological polar surface area (TPSA) is 60.1 Å². The molecule has 4 aromatic rings. The van der Waals surface area contributed by atoms with E-state index < -0.39 is 0 Å². The zero-order valence-corrected chi connectivity index (χ0v) is 14.9. The molecule has 7 heteroatoms. The van der Waals surface area contributed by atoms with Gasteiger partial charge in [0.25, 0.3) is 5.91 Å². The Labute approximate surface area is 152 Å². The minimum Gasteiger partial charge on any atom is -0.467 e. The number of aryl methyl sites for hydroxylation is 1. The molecule has 3 heterocycles. The van der Waals surface area contributed by atoms with Crippen LogP contribution in [0.2, 0.25) is 5.02 Å². The first-order chi connectivity index (χ1) is 12.1. The highest BCUT2D eigenvalue weighted by atomic mass is 35.5. The number of carbonyl (C=O) groups excluding carboxylic acids is 1. The standard InChI is InChI=1S/C18H14ClN3O2S/c1-11-15-9-16(17(23)20-10-14-3-2-8-24-14)25-18(15)22(21-11)13-6-4-12(19)5-7-13/h2-9H,10H2,1H3,(H,20,23). The van der Waals surface area contributed by atoms with Gasteiger partial charge in [-0.1, -0.05) is 11.6 Å². The first-order valence-corrected chi connectivity index (χ1v) is 8.87.